The minimum absolute atomic E-state index is 0.0335. The highest BCUT2D eigenvalue weighted by atomic mass is 35.5. The fourth-order valence-electron chi connectivity index (χ4n) is 4.42. The highest BCUT2D eigenvalue weighted by Crippen LogP contribution is 2.45. The van der Waals surface area contributed by atoms with Gasteiger partial charge in [0.2, 0.25) is 0 Å². The van der Waals surface area contributed by atoms with Gasteiger partial charge in [-0.2, -0.15) is 0 Å². The lowest BCUT2D eigenvalue weighted by molar-refractivity contribution is -0.0674. The van der Waals surface area contributed by atoms with Crippen molar-refractivity contribution >= 4 is 11.6 Å². The molecule has 2 N–H and O–H groups in total. The second-order valence-electron chi connectivity index (χ2n) is 7.88. The van der Waals surface area contributed by atoms with Gasteiger partial charge < -0.3 is 10.4 Å². The standard InChI is InChI=1S/C25H26ClNO/c1-18-24(20-12-6-3-7-13-20)27-23(19-10-4-2-5-11-19)17-25(18,28)16-21-14-8-9-15-22(21)26/h2-15,18,23-24,27-28H,16-17H2,1H3/t18-,23+,24-,25+/m1/s1. The molecule has 1 aliphatic heterocycles. The van der Waals surface area contributed by atoms with Gasteiger partial charge in [0.1, 0.15) is 0 Å². The second kappa shape index (κ2) is 8.08. The Morgan fingerprint density at radius 3 is 2.11 bits per heavy atom. The fraction of sp³-hybridized carbons (Fsp3) is 0.280. The first-order valence-electron chi connectivity index (χ1n) is 9.88. The van der Waals surface area contributed by atoms with Crippen molar-refractivity contribution < 1.29 is 5.11 Å². The second-order valence-corrected chi connectivity index (χ2v) is 8.29. The van der Waals surface area contributed by atoms with Crippen LogP contribution in [-0.4, -0.2) is 10.7 Å². The van der Waals surface area contributed by atoms with E-state index in [2.05, 4.69) is 60.8 Å². The van der Waals surface area contributed by atoms with E-state index in [1.165, 1.54) is 11.1 Å². The number of rotatable bonds is 4. The molecule has 3 aromatic rings. The van der Waals surface area contributed by atoms with Crippen molar-refractivity contribution in [1.29, 1.82) is 0 Å². The molecule has 0 aromatic heterocycles. The number of hydrogen-bond donors (Lipinski definition) is 2. The smallest absolute Gasteiger partial charge is 0.0750 e. The van der Waals surface area contributed by atoms with Crippen LogP contribution in [0.15, 0.2) is 84.9 Å². The molecule has 4 atom stereocenters. The molecular formula is C25H26ClNO. The molecule has 0 unspecified atom stereocenters. The summed E-state index contributed by atoms with van der Waals surface area (Å²) in [6.45, 7) is 2.14. The van der Waals surface area contributed by atoms with Gasteiger partial charge >= 0.3 is 0 Å². The Morgan fingerprint density at radius 1 is 0.893 bits per heavy atom. The number of hydrogen-bond acceptors (Lipinski definition) is 2. The number of halogens is 1. The van der Waals surface area contributed by atoms with E-state index >= 15 is 0 Å². The maximum Gasteiger partial charge on any atom is 0.0750 e. The molecule has 2 nitrogen and oxygen atoms in total. The summed E-state index contributed by atoms with van der Waals surface area (Å²) in [5.74, 6) is 0.0335. The molecule has 3 aromatic carbocycles. The van der Waals surface area contributed by atoms with E-state index < -0.39 is 5.60 Å². The van der Waals surface area contributed by atoms with Crippen molar-refractivity contribution in [2.75, 3.05) is 0 Å². The Kier molecular flexibility index (Phi) is 5.54. The van der Waals surface area contributed by atoms with Gasteiger partial charge in [0.15, 0.2) is 0 Å². The van der Waals surface area contributed by atoms with Crippen LogP contribution in [0.2, 0.25) is 5.02 Å². The Hall–Kier alpha value is -2.13. The van der Waals surface area contributed by atoms with Crippen molar-refractivity contribution in [3.05, 3.63) is 107 Å². The van der Waals surface area contributed by atoms with Gasteiger partial charge in [0, 0.05) is 29.4 Å². The first-order valence-corrected chi connectivity index (χ1v) is 10.3. The molecule has 28 heavy (non-hydrogen) atoms. The topological polar surface area (TPSA) is 32.3 Å². The lowest BCUT2D eigenvalue weighted by atomic mass is 9.69. The number of nitrogens with one attached hydrogen (secondary N) is 1. The van der Waals surface area contributed by atoms with Crippen LogP contribution < -0.4 is 5.32 Å². The number of piperidine rings is 1. The predicted molar refractivity (Wildman–Crippen MR) is 115 cm³/mol. The van der Waals surface area contributed by atoms with Crippen LogP contribution in [0, 0.1) is 5.92 Å². The molecule has 1 heterocycles. The fourth-order valence-corrected chi connectivity index (χ4v) is 4.62. The van der Waals surface area contributed by atoms with E-state index in [0.717, 1.165) is 5.56 Å². The van der Waals surface area contributed by atoms with Gasteiger partial charge in [-0.1, -0.05) is 97.4 Å². The van der Waals surface area contributed by atoms with E-state index in [9.17, 15) is 5.11 Å². The van der Waals surface area contributed by atoms with Crippen LogP contribution in [0.5, 0.6) is 0 Å². The van der Waals surface area contributed by atoms with Gasteiger partial charge in [-0.15, -0.1) is 0 Å². The molecule has 1 fully saturated rings. The molecule has 0 spiro atoms. The summed E-state index contributed by atoms with van der Waals surface area (Å²) in [6.07, 6.45) is 1.19. The third-order valence-electron chi connectivity index (χ3n) is 6.10. The van der Waals surface area contributed by atoms with E-state index in [1.54, 1.807) is 0 Å². The van der Waals surface area contributed by atoms with Crippen LogP contribution in [0.4, 0.5) is 0 Å². The lowest BCUT2D eigenvalue weighted by Crippen LogP contribution is -2.53. The summed E-state index contributed by atoms with van der Waals surface area (Å²) in [5.41, 5.74) is 2.54. The normalized spacial score (nSPS) is 27.5. The molecule has 1 aliphatic rings. The number of benzene rings is 3. The average Bonchev–Trinajstić information content (AvgIpc) is 2.73. The molecular weight excluding hydrogens is 366 g/mol. The van der Waals surface area contributed by atoms with Crippen LogP contribution >= 0.6 is 11.6 Å². The summed E-state index contributed by atoms with van der Waals surface area (Å²) >= 11 is 6.43. The minimum atomic E-state index is -0.864. The van der Waals surface area contributed by atoms with Crippen molar-refractivity contribution in [3.63, 3.8) is 0 Å². The van der Waals surface area contributed by atoms with Crippen molar-refractivity contribution in [1.82, 2.24) is 5.32 Å². The zero-order chi connectivity index (χ0) is 19.6. The van der Waals surface area contributed by atoms with Crippen molar-refractivity contribution in [2.45, 2.75) is 37.5 Å². The zero-order valence-corrected chi connectivity index (χ0v) is 16.8. The summed E-state index contributed by atoms with van der Waals surface area (Å²) in [7, 11) is 0. The SMILES string of the molecule is C[C@@H]1[C@H](c2ccccc2)N[C@H](c2ccccc2)C[C@@]1(O)Cc1ccccc1Cl. The van der Waals surface area contributed by atoms with Crippen LogP contribution in [0.1, 0.15) is 42.1 Å². The van der Waals surface area contributed by atoms with Crippen LogP contribution in [0.25, 0.3) is 0 Å². The molecule has 0 bridgehead atoms. The molecule has 0 aliphatic carbocycles. The van der Waals surface area contributed by atoms with E-state index in [1.807, 2.05) is 36.4 Å². The third-order valence-corrected chi connectivity index (χ3v) is 6.47. The quantitative estimate of drug-likeness (QED) is 0.595. The van der Waals surface area contributed by atoms with Gasteiger partial charge in [-0.05, 0) is 29.2 Å². The van der Waals surface area contributed by atoms with Gasteiger partial charge in [0.25, 0.3) is 0 Å². The average molecular weight is 392 g/mol. The monoisotopic (exact) mass is 391 g/mol. The molecule has 0 amide bonds. The predicted octanol–water partition coefficient (Wildman–Crippen LogP) is 5.73. The highest BCUT2D eigenvalue weighted by Gasteiger charge is 2.46. The summed E-state index contributed by atoms with van der Waals surface area (Å²) < 4.78 is 0. The van der Waals surface area contributed by atoms with Crippen molar-refractivity contribution in [2.24, 2.45) is 5.92 Å². The molecule has 0 radical (unpaired) electrons. The largest absolute Gasteiger partial charge is 0.389 e. The maximum absolute atomic E-state index is 11.9. The summed E-state index contributed by atoms with van der Waals surface area (Å²) in [4.78, 5) is 0. The maximum atomic E-state index is 11.9. The van der Waals surface area contributed by atoms with Crippen LogP contribution in [-0.2, 0) is 6.42 Å². The Balaban J connectivity index is 1.72. The minimum Gasteiger partial charge on any atom is -0.389 e. The van der Waals surface area contributed by atoms with Crippen molar-refractivity contribution in [3.8, 4) is 0 Å². The molecule has 144 valence electrons. The van der Waals surface area contributed by atoms with Gasteiger partial charge in [0.05, 0.1) is 5.60 Å². The lowest BCUT2D eigenvalue weighted by Gasteiger charge is -2.48. The number of aliphatic hydroxyl groups is 1. The highest BCUT2D eigenvalue weighted by molar-refractivity contribution is 6.31. The Bertz CT molecular complexity index is 914. The first-order chi connectivity index (χ1) is 13.6. The van der Waals surface area contributed by atoms with Gasteiger partial charge in [-0.3, -0.25) is 0 Å². The summed E-state index contributed by atoms with van der Waals surface area (Å²) in [6, 6.07) is 28.8. The molecule has 0 saturated carbocycles. The van der Waals surface area contributed by atoms with E-state index in [4.69, 9.17) is 11.6 Å². The van der Waals surface area contributed by atoms with E-state index in [-0.39, 0.29) is 18.0 Å². The molecule has 3 heteroatoms. The van der Waals surface area contributed by atoms with E-state index in [0.29, 0.717) is 17.9 Å². The third kappa shape index (κ3) is 3.86. The Morgan fingerprint density at radius 2 is 1.46 bits per heavy atom. The Labute approximate surface area is 172 Å². The zero-order valence-electron chi connectivity index (χ0n) is 16.1. The first kappa shape index (κ1) is 19.2. The van der Waals surface area contributed by atoms with Crippen LogP contribution in [0.3, 0.4) is 0 Å². The molecule has 4 rings (SSSR count). The molecule has 1 saturated heterocycles. The van der Waals surface area contributed by atoms with Gasteiger partial charge in [-0.25, -0.2) is 0 Å². The summed E-state index contributed by atoms with van der Waals surface area (Å²) in [5, 5.41) is 16.4.